The fraction of sp³-hybridized carbons (Fsp3) is 0.760. The molecule has 0 bridgehead atoms. The van der Waals surface area contributed by atoms with E-state index in [0.717, 1.165) is 13.8 Å². The zero-order valence-electron chi connectivity index (χ0n) is 37.9. The molecule has 0 aliphatic heterocycles. The number of ether oxygens (including phenoxy) is 6. The molecule has 37 heavy (non-hydrogen) atoms. The molecule has 0 aromatic carbocycles. The van der Waals surface area contributed by atoms with Crippen LogP contribution in [0.25, 0.3) is 0 Å². The first-order chi connectivity index (χ1) is 24.4. The van der Waals surface area contributed by atoms with Crippen LogP contribution in [0.4, 0.5) is 0 Å². The zero-order valence-corrected chi connectivity index (χ0v) is 19.9. The van der Waals surface area contributed by atoms with Crippen LogP contribution in [0.5, 0.6) is 0 Å². The lowest BCUT2D eigenvalue weighted by Crippen LogP contribution is -2.42. The summed E-state index contributed by atoms with van der Waals surface area (Å²) in [5.74, 6) is -14.3. The van der Waals surface area contributed by atoms with Crippen LogP contribution in [-0.4, -0.2) is 73.4 Å². The van der Waals surface area contributed by atoms with Crippen LogP contribution in [0.3, 0.4) is 0 Å². The summed E-state index contributed by atoms with van der Waals surface area (Å²) in [7, 11) is 0. The molecule has 0 aromatic heterocycles. The lowest BCUT2D eigenvalue weighted by atomic mass is 9.87. The molecule has 212 valence electrons. The molecule has 0 amide bonds. The molecule has 0 aromatic rings. The standard InChI is InChI=1S/C25H40O12/c1-14(13-33-17(4)27)23(35-19(6)29)12-25(37-21(8)31)15(2)24(36-20(7)30)11-22(34-18(5)28)9-10-32-16(3)26/h14-15,22-25H,9-13H2,1-8H3/i3D3,4D3,5D3,6D3,7D3,8D3. The fourth-order valence-electron chi connectivity index (χ4n) is 3.25. The third-order valence-electron chi connectivity index (χ3n) is 4.97. The molecule has 0 aliphatic rings. The molecule has 12 nitrogen and oxygen atoms in total. The van der Waals surface area contributed by atoms with Gasteiger partial charge in [-0.25, -0.2) is 0 Å². The zero-order chi connectivity index (χ0) is 43.7. The topological polar surface area (TPSA) is 158 Å². The minimum absolute atomic E-state index is 0.734. The maximum Gasteiger partial charge on any atom is 0.302 e. The van der Waals surface area contributed by atoms with Crippen LogP contribution >= 0.6 is 0 Å². The average molecular weight is 551 g/mol. The molecule has 0 saturated heterocycles. The van der Waals surface area contributed by atoms with Crippen molar-refractivity contribution in [3.8, 4) is 0 Å². The summed E-state index contributed by atoms with van der Waals surface area (Å²) in [5.41, 5.74) is 0. The van der Waals surface area contributed by atoms with E-state index in [1.807, 2.05) is 0 Å². The van der Waals surface area contributed by atoms with Crippen LogP contribution in [0, 0.1) is 11.8 Å². The summed E-state index contributed by atoms with van der Waals surface area (Å²) in [6, 6.07) is 0. The fourth-order valence-corrected chi connectivity index (χ4v) is 3.25. The van der Waals surface area contributed by atoms with E-state index < -0.39 is 146 Å². The highest BCUT2D eigenvalue weighted by molar-refractivity contribution is 5.68. The van der Waals surface area contributed by atoms with Crippen LogP contribution in [-0.2, 0) is 57.2 Å². The van der Waals surface area contributed by atoms with Gasteiger partial charge < -0.3 is 28.4 Å². The van der Waals surface area contributed by atoms with Crippen LogP contribution in [0.1, 0.15) is 98.9 Å². The number of hydrogen-bond acceptors (Lipinski definition) is 12. The molecule has 0 fully saturated rings. The van der Waals surface area contributed by atoms with Crippen molar-refractivity contribution in [2.45, 2.75) is 98.6 Å². The first-order valence-electron chi connectivity index (χ1n) is 19.6. The van der Waals surface area contributed by atoms with Gasteiger partial charge in [0.25, 0.3) is 0 Å². The first kappa shape index (κ1) is 14.1. The predicted molar refractivity (Wildman–Crippen MR) is 128 cm³/mol. The van der Waals surface area contributed by atoms with Crippen LogP contribution in [0.15, 0.2) is 0 Å². The van der Waals surface area contributed by atoms with Crippen LogP contribution < -0.4 is 0 Å². The monoisotopic (exact) mass is 550 g/mol. The van der Waals surface area contributed by atoms with Crippen molar-refractivity contribution in [2.24, 2.45) is 11.8 Å². The highest BCUT2D eigenvalue weighted by atomic mass is 16.6. The average Bonchev–Trinajstić information content (AvgIpc) is 2.98. The van der Waals surface area contributed by atoms with Crippen molar-refractivity contribution < 1.29 is 81.9 Å². The third-order valence-corrected chi connectivity index (χ3v) is 4.97. The predicted octanol–water partition coefficient (Wildman–Crippen LogP) is 2.28. The normalized spacial score (nSPS) is 24.8. The van der Waals surface area contributed by atoms with Crippen molar-refractivity contribution in [2.75, 3.05) is 13.2 Å². The number of carbonyl (C=O) groups excluding carboxylic acids is 6. The highest BCUT2D eigenvalue weighted by Crippen LogP contribution is 2.28. The van der Waals surface area contributed by atoms with Crippen molar-refractivity contribution in [1.29, 1.82) is 0 Å². The maximum atomic E-state index is 12.7. The SMILES string of the molecule is [2H]C([2H])([2H])C(=O)OCCC(CC(OC(=O)C([2H])([2H])[2H])C(C)C(CC(OC(=O)C([2H])([2H])[2H])C(C)COC(=O)C([2H])([2H])[2H])OC(=O)C([2H])([2H])[2H])OC(=O)C([2H])([2H])[2H]. The van der Waals surface area contributed by atoms with Gasteiger partial charge in [-0.1, -0.05) is 13.8 Å². The van der Waals surface area contributed by atoms with E-state index >= 15 is 0 Å². The van der Waals surface area contributed by atoms with Gasteiger partial charge in [0, 0.05) is 96.9 Å². The summed E-state index contributed by atoms with van der Waals surface area (Å²) in [6.45, 7) is -20.1. The molecule has 0 N–H and O–H groups in total. The van der Waals surface area contributed by atoms with Crippen molar-refractivity contribution in [3.05, 3.63) is 0 Å². The molecule has 12 heteroatoms. The highest BCUT2D eigenvalue weighted by Gasteiger charge is 2.37. The molecule has 6 unspecified atom stereocenters. The van der Waals surface area contributed by atoms with E-state index in [-0.39, 0.29) is 0 Å². The van der Waals surface area contributed by atoms with E-state index in [2.05, 4.69) is 4.74 Å². The Morgan fingerprint density at radius 2 is 1.05 bits per heavy atom. The van der Waals surface area contributed by atoms with Gasteiger partial charge in [-0.2, -0.15) is 0 Å². The molecule has 0 heterocycles. The third kappa shape index (κ3) is 16.2. The Morgan fingerprint density at radius 3 is 1.59 bits per heavy atom. The molecule has 0 rings (SSSR count). The van der Waals surface area contributed by atoms with Gasteiger partial charge in [0.05, 0.1) is 13.2 Å². The molecular formula is C25H40O12. The van der Waals surface area contributed by atoms with Gasteiger partial charge in [0.2, 0.25) is 0 Å². The quantitative estimate of drug-likeness (QED) is 0.204. The second-order valence-corrected chi connectivity index (χ2v) is 7.69. The Labute approximate surface area is 242 Å². The molecule has 0 radical (unpaired) electrons. The Kier molecular flexibility index (Phi) is 6.60. The van der Waals surface area contributed by atoms with Gasteiger partial charge in [-0.15, -0.1) is 0 Å². The summed E-state index contributed by atoms with van der Waals surface area (Å²) in [4.78, 5) is 73.8. The van der Waals surface area contributed by atoms with Gasteiger partial charge in [0.1, 0.15) is 24.4 Å². The number of carbonyl (C=O) groups is 6. The van der Waals surface area contributed by atoms with Crippen LogP contribution in [0.2, 0.25) is 0 Å². The van der Waals surface area contributed by atoms with E-state index in [0.29, 0.717) is 0 Å². The smallest absolute Gasteiger partial charge is 0.302 e. The van der Waals surface area contributed by atoms with Crippen molar-refractivity contribution >= 4 is 35.8 Å². The lowest BCUT2D eigenvalue weighted by Gasteiger charge is -2.34. The largest absolute Gasteiger partial charge is 0.466 e. The van der Waals surface area contributed by atoms with E-state index in [9.17, 15) is 28.8 Å². The van der Waals surface area contributed by atoms with Gasteiger partial charge >= 0.3 is 35.8 Å². The maximum absolute atomic E-state index is 12.7. The van der Waals surface area contributed by atoms with E-state index in [1.165, 1.54) is 0 Å². The molecule has 0 aliphatic carbocycles. The van der Waals surface area contributed by atoms with Gasteiger partial charge in [0.15, 0.2) is 0 Å². The Morgan fingerprint density at radius 1 is 0.595 bits per heavy atom. The van der Waals surface area contributed by atoms with E-state index in [1.54, 1.807) is 0 Å². The van der Waals surface area contributed by atoms with Crippen molar-refractivity contribution in [3.63, 3.8) is 0 Å². The molecular weight excluding hydrogens is 492 g/mol. The van der Waals surface area contributed by atoms with Gasteiger partial charge in [-0.05, 0) is 0 Å². The summed E-state index contributed by atoms with van der Waals surface area (Å²) in [6.07, 6.45) is -10.4. The molecule has 6 atom stereocenters. The lowest BCUT2D eigenvalue weighted by molar-refractivity contribution is -0.166. The second kappa shape index (κ2) is 17.3. The molecule has 0 spiro atoms. The Hall–Kier alpha value is -3.18. The van der Waals surface area contributed by atoms with Crippen molar-refractivity contribution in [1.82, 2.24) is 0 Å². The summed E-state index contributed by atoms with van der Waals surface area (Å²) in [5, 5.41) is 0. The number of esters is 6. The minimum atomic E-state index is -3.53. The van der Waals surface area contributed by atoms with E-state index in [4.69, 9.17) is 48.4 Å². The summed E-state index contributed by atoms with van der Waals surface area (Å²) < 4.78 is 161. The second-order valence-electron chi connectivity index (χ2n) is 7.69. The van der Waals surface area contributed by atoms with Gasteiger partial charge in [-0.3, -0.25) is 28.8 Å². The number of hydrogen-bond donors (Lipinski definition) is 0. The first-order valence-corrected chi connectivity index (χ1v) is 10.6. The number of rotatable bonds is 16. The Balaban J connectivity index is 7.22. The minimum Gasteiger partial charge on any atom is -0.466 e. The Bertz CT molecular complexity index is 1350. The molecule has 0 saturated carbocycles. The summed E-state index contributed by atoms with van der Waals surface area (Å²) >= 11 is 0.